The molecule has 3 aromatic rings. The quantitative estimate of drug-likeness (QED) is 0.173. The Balaban J connectivity index is 1.83. The summed E-state index contributed by atoms with van der Waals surface area (Å²) >= 11 is 5.80. The van der Waals surface area contributed by atoms with Crippen molar-refractivity contribution < 1.29 is 34.2 Å². The van der Waals surface area contributed by atoms with Gasteiger partial charge < -0.3 is 10.4 Å². The van der Waals surface area contributed by atoms with Gasteiger partial charge in [-0.2, -0.15) is 5.48 Å². The fourth-order valence-corrected chi connectivity index (χ4v) is 3.73. The summed E-state index contributed by atoms with van der Waals surface area (Å²) in [6, 6.07) is 17.2. The molecular formula is C27H24ClF2N2O4+. The number of carbonyl (C=O) groups is 2. The Hall–Kier alpha value is -3.85. The SMILES string of the molecule is O=C(O)c1ccc(NC(=O)[C@@H](C/C=C\C(=C/[NH2+]O)c2c(F)ccc(Cl)c2F)Cc2ccccc2)cc1. The normalized spacial score (nSPS) is 12.5. The number of hydroxylamine groups is 1. The molecular weight excluding hydrogens is 490 g/mol. The third kappa shape index (κ3) is 7.08. The molecule has 0 fully saturated rings. The predicted molar refractivity (Wildman–Crippen MR) is 132 cm³/mol. The molecule has 1 atom stereocenters. The van der Waals surface area contributed by atoms with Gasteiger partial charge in [0.05, 0.1) is 16.1 Å². The van der Waals surface area contributed by atoms with Crippen LogP contribution < -0.4 is 10.8 Å². The van der Waals surface area contributed by atoms with Gasteiger partial charge in [-0.15, -0.1) is 0 Å². The van der Waals surface area contributed by atoms with Crippen LogP contribution in [0.5, 0.6) is 0 Å². The zero-order chi connectivity index (χ0) is 26.1. The summed E-state index contributed by atoms with van der Waals surface area (Å²) in [4.78, 5) is 24.2. The van der Waals surface area contributed by atoms with Gasteiger partial charge in [0.15, 0.2) is 5.82 Å². The number of carboxylic acid groups (broad SMARTS) is 1. The van der Waals surface area contributed by atoms with Crippen LogP contribution in [0.15, 0.2) is 85.1 Å². The number of nitrogens with two attached hydrogens (primary N) is 1. The summed E-state index contributed by atoms with van der Waals surface area (Å²) in [6.07, 6.45) is 4.73. The van der Waals surface area contributed by atoms with Crippen LogP contribution in [-0.2, 0) is 11.2 Å². The van der Waals surface area contributed by atoms with Crippen molar-refractivity contribution in [2.24, 2.45) is 5.92 Å². The second-order valence-corrected chi connectivity index (χ2v) is 8.29. The Morgan fingerprint density at radius 3 is 2.36 bits per heavy atom. The summed E-state index contributed by atoms with van der Waals surface area (Å²) in [5.74, 6) is -3.76. The van der Waals surface area contributed by atoms with E-state index in [-0.39, 0.29) is 28.5 Å². The summed E-state index contributed by atoms with van der Waals surface area (Å²) in [6.45, 7) is 0. The topological polar surface area (TPSA) is 103 Å². The predicted octanol–water partition coefficient (Wildman–Crippen LogP) is 5.05. The molecule has 0 aliphatic rings. The van der Waals surface area contributed by atoms with Crippen molar-refractivity contribution in [3.63, 3.8) is 0 Å². The Labute approximate surface area is 211 Å². The molecule has 0 aliphatic heterocycles. The molecule has 0 aromatic heterocycles. The highest BCUT2D eigenvalue weighted by molar-refractivity contribution is 6.31. The number of quaternary nitrogens is 1. The Morgan fingerprint density at radius 1 is 1.03 bits per heavy atom. The molecule has 0 radical (unpaired) electrons. The van der Waals surface area contributed by atoms with E-state index in [1.54, 1.807) is 6.08 Å². The fourth-order valence-electron chi connectivity index (χ4n) is 3.58. The second-order valence-electron chi connectivity index (χ2n) is 7.89. The molecule has 0 spiro atoms. The highest BCUT2D eigenvalue weighted by Gasteiger charge is 2.20. The molecule has 0 bridgehead atoms. The smallest absolute Gasteiger partial charge is 0.335 e. The van der Waals surface area contributed by atoms with Gasteiger partial charge in [0.2, 0.25) is 5.91 Å². The largest absolute Gasteiger partial charge is 0.478 e. The van der Waals surface area contributed by atoms with E-state index in [4.69, 9.17) is 16.7 Å². The van der Waals surface area contributed by atoms with Crippen LogP contribution >= 0.6 is 11.6 Å². The Kier molecular flexibility index (Phi) is 9.46. The van der Waals surface area contributed by atoms with E-state index < -0.39 is 29.1 Å². The number of hydrogen-bond acceptors (Lipinski definition) is 3. The van der Waals surface area contributed by atoms with Crippen molar-refractivity contribution >= 4 is 34.7 Å². The van der Waals surface area contributed by atoms with Crippen molar-refractivity contribution in [1.29, 1.82) is 0 Å². The number of rotatable bonds is 10. The zero-order valence-corrected chi connectivity index (χ0v) is 19.8. The van der Waals surface area contributed by atoms with Crippen molar-refractivity contribution in [3.05, 3.63) is 118 Å². The molecule has 5 N–H and O–H groups in total. The Morgan fingerprint density at radius 2 is 1.72 bits per heavy atom. The molecule has 0 saturated heterocycles. The number of halogens is 3. The lowest BCUT2D eigenvalue weighted by atomic mass is 9.94. The van der Waals surface area contributed by atoms with E-state index >= 15 is 0 Å². The lowest BCUT2D eigenvalue weighted by Gasteiger charge is -2.16. The molecule has 3 aromatic carbocycles. The number of amides is 1. The number of carbonyl (C=O) groups excluding carboxylic acids is 1. The third-order valence-electron chi connectivity index (χ3n) is 5.40. The summed E-state index contributed by atoms with van der Waals surface area (Å²) in [5, 5.41) is 20.8. The van der Waals surface area contributed by atoms with E-state index in [9.17, 15) is 23.6 Å². The minimum atomic E-state index is -1.07. The average molecular weight is 514 g/mol. The van der Waals surface area contributed by atoms with E-state index in [0.29, 0.717) is 17.6 Å². The lowest BCUT2D eigenvalue weighted by Crippen LogP contribution is -2.73. The van der Waals surface area contributed by atoms with Gasteiger partial charge in [0.1, 0.15) is 12.0 Å². The molecule has 3 rings (SSSR count). The molecule has 9 heteroatoms. The molecule has 186 valence electrons. The maximum Gasteiger partial charge on any atom is 0.335 e. The summed E-state index contributed by atoms with van der Waals surface area (Å²) < 4.78 is 28.9. The number of allylic oxidation sites excluding steroid dienone is 3. The molecule has 0 unspecified atom stereocenters. The van der Waals surface area contributed by atoms with Gasteiger partial charge in [-0.3, -0.25) is 4.79 Å². The standard InChI is InChI=1S/C27H23ClF2N2O4/c28-22-13-14-23(29)24(25(22)30)20(16-31-36)8-4-7-19(15-17-5-2-1-3-6-17)26(33)32-21-11-9-18(10-12-21)27(34)35/h1-6,8-14,16,19,31,36H,7,15H2,(H,32,33)(H,34,35)/p+1/b8-4-,20-16+/t19-/m0/s1. The second kappa shape index (κ2) is 12.7. The first-order valence-corrected chi connectivity index (χ1v) is 11.3. The third-order valence-corrected chi connectivity index (χ3v) is 5.69. The van der Waals surface area contributed by atoms with E-state index in [2.05, 4.69) is 5.32 Å². The number of anilines is 1. The van der Waals surface area contributed by atoms with Gasteiger partial charge in [-0.05, 0) is 54.8 Å². The van der Waals surface area contributed by atoms with Gasteiger partial charge in [-0.25, -0.2) is 18.8 Å². The van der Waals surface area contributed by atoms with Crippen LogP contribution in [0.1, 0.15) is 27.9 Å². The maximum atomic E-state index is 14.5. The molecule has 1 amide bonds. The first-order valence-electron chi connectivity index (χ1n) is 11.0. The maximum absolute atomic E-state index is 14.5. The van der Waals surface area contributed by atoms with Gasteiger partial charge in [-0.1, -0.05) is 54.1 Å². The lowest BCUT2D eigenvalue weighted by molar-refractivity contribution is -0.837. The zero-order valence-electron chi connectivity index (χ0n) is 19.0. The summed E-state index contributed by atoms with van der Waals surface area (Å²) in [7, 11) is 0. The van der Waals surface area contributed by atoms with E-state index in [1.165, 1.54) is 30.3 Å². The van der Waals surface area contributed by atoms with Crippen molar-refractivity contribution in [2.45, 2.75) is 12.8 Å². The minimum absolute atomic E-state index is 0.0399. The van der Waals surface area contributed by atoms with Crippen LogP contribution in [-0.4, -0.2) is 22.2 Å². The Bertz CT molecular complexity index is 1280. The molecule has 36 heavy (non-hydrogen) atoms. The molecule has 0 heterocycles. The van der Waals surface area contributed by atoms with E-state index in [0.717, 1.165) is 23.9 Å². The van der Waals surface area contributed by atoms with E-state index in [1.807, 2.05) is 30.3 Å². The van der Waals surface area contributed by atoms with Gasteiger partial charge in [0.25, 0.3) is 0 Å². The molecule has 0 saturated carbocycles. The highest BCUT2D eigenvalue weighted by Crippen LogP contribution is 2.28. The fraction of sp³-hybridized carbons (Fsp3) is 0.111. The number of hydrogen-bond donors (Lipinski definition) is 4. The number of benzene rings is 3. The van der Waals surface area contributed by atoms with Crippen LogP contribution in [0.4, 0.5) is 14.5 Å². The van der Waals surface area contributed by atoms with Gasteiger partial charge >= 0.3 is 5.97 Å². The van der Waals surface area contributed by atoms with Crippen LogP contribution in [0, 0.1) is 17.6 Å². The molecule has 6 nitrogen and oxygen atoms in total. The first-order chi connectivity index (χ1) is 17.3. The van der Waals surface area contributed by atoms with Crippen LogP contribution in [0.3, 0.4) is 0 Å². The number of nitrogens with one attached hydrogen (secondary N) is 1. The average Bonchev–Trinajstić information content (AvgIpc) is 2.86. The summed E-state index contributed by atoms with van der Waals surface area (Å²) in [5.41, 5.74) is 1.75. The monoisotopic (exact) mass is 513 g/mol. The highest BCUT2D eigenvalue weighted by atomic mass is 35.5. The molecule has 0 aliphatic carbocycles. The first kappa shape index (κ1) is 26.7. The minimum Gasteiger partial charge on any atom is -0.478 e. The van der Waals surface area contributed by atoms with Gasteiger partial charge in [0, 0.05) is 17.2 Å². The van der Waals surface area contributed by atoms with Crippen molar-refractivity contribution in [1.82, 2.24) is 0 Å². The number of aromatic carboxylic acids is 1. The van der Waals surface area contributed by atoms with Crippen molar-refractivity contribution in [2.75, 3.05) is 5.32 Å². The van der Waals surface area contributed by atoms with Crippen LogP contribution in [0.2, 0.25) is 5.02 Å². The number of carboxylic acids is 1. The van der Waals surface area contributed by atoms with Crippen LogP contribution in [0.25, 0.3) is 5.57 Å². The van der Waals surface area contributed by atoms with Crippen molar-refractivity contribution in [3.8, 4) is 0 Å².